The summed E-state index contributed by atoms with van der Waals surface area (Å²) >= 11 is 0. The fourth-order valence-electron chi connectivity index (χ4n) is 6.10. The van der Waals surface area contributed by atoms with Crippen LogP contribution in [-0.4, -0.2) is 12.5 Å². The number of nitrogens with one attached hydrogen (secondary N) is 1. The zero-order valence-electron chi connectivity index (χ0n) is 22.9. The van der Waals surface area contributed by atoms with E-state index in [4.69, 9.17) is 5.26 Å². The Morgan fingerprint density at radius 2 is 1.49 bits per heavy atom. The molecule has 4 aliphatic carbocycles. The van der Waals surface area contributed by atoms with Gasteiger partial charge in [0, 0.05) is 24.8 Å². The summed E-state index contributed by atoms with van der Waals surface area (Å²) in [6.45, 7) is 4.86. The zero-order chi connectivity index (χ0) is 26.1. The van der Waals surface area contributed by atoms with Gasteiger partial charge in [0.1, 0.15) is 0 Å². The molecule has 0 saturated carbocycles. The average Bonchev–Trinajstić information content (AvgIpc) is 2.90. The molecule has 0 bridgehead atoms. The number of nitriles is 1. The van der Waals surface area contributed by atoms with Gasteiger partial charge < -0.3 is 5.32 Å². The van der Waals surface area contributed by atoms with E-state index in [9.17, 15) is 4.79 Å². The van der Waals surface area contributed by atoms with Gasteiger partial charge in [-0.2, -0.15) is 5.26 Å². The van der Waals surface area contributed by atoms with E-state index in [0.717, 1.165) is 38.6 Å². The molecule has 0 saturated heterocycles. The van der Waals surface area contributed by atoms with Crippen molar-refractivity contribution >= 4 is 5.91 Å². The van der Waals surface area contributed by atoms with Crippen molar-refractivity contribution in [3.8, 4) is 6.07 Å². The van der Waals surface area contributed by atoms with Crippen LogP contribution in [0, 0.1) is 28.6 Å². The lowest BCUT2D eigenvalue weighted by molar-refractivity contribution is -0.121. The highest BCUT2D eigenvalue weighted by Gasteiger charge is 2.39. The summed E-state index contributed by atoms with van der Waals surface area (Å²) in [4.78, 5) is 12.4. The van der Waals surface area contributed by atoms with Gasteiger partial charge in [0.05, 0.1) is 11.5 Å². The molecule has 3 nitrogen and oxygen atoms in total. The van der Waals surface area contributed by atoms with Crippen LogP contribution >= 0.6 is 0 Å². The first kappa shape index (κ1) is 27.2. The van der Waals surface area contributed by atoms with Gasteiger partial charge in [0.15, 0.2) is 0 Å². The normalized spacial score (nSPS) is 21.2. The van der Waals surface area contributed by atoms with Gasteiger partial charge in [-0.25, -0.2) is 0 Å². The summed E-state index contributed by atoms with van der Waals surface area (Å²) in [5.41, 5.74) is 6.92. The number of unbranched alkanes of at least 4 members (excludes halogenated alkanes) is 7. The van der Waals surface area contributed by atoms with Gasteiger partial charge in [-0.05, 0) is 67.4 Å². The van der Waals surface area contributed by atoms with Gasteiger partial charge >= 0.3 is 0 Å². The Balaban J connectivity index is 1.08. The summed E-state index contributed by atoms with van der Waals surface area (Å²) in [6, 6.07) is 2.39. The molecule has 0 radical (unpaired) electrons. The maximum atomic E-state index is 12.4. The first-order valence-corrected chi connectivity index (χ1v) is 14.6. The van der Waals surface area contributed by atoms with Crippen LogP contribution < -0.4 is 5.32 Å². The second-order valence-electron chi connectivity index (χ2n) is 11.7. The third-order valence-electron chi connectivity index (χ3n) is 8.27. The molecule has 0 aromatic carbocycles. The van der Waals surface area contributed by atoms with Crippen molar-refractivity contribution in [2.75, 3.05) is 6.54 Å². The Hall–Kier alpha value is -2.86. The van der Waals surface area contributed by atoms with Crippen LogP contribution in [0.25, 0.3) is 0 Å². The number of carbonyl (C=O) groups excluding carboxylic acids is 1. The van der Waals surface area contributed by atoms with Crippen molar-refractivity contribution < 1.29 is 4.79 Å². The Bertz CT molecular complexity index is 1100. The smallest absolute Gasteiger partial charge is 0.220 e. The van der Waals surface area contributed by atoms with Gasteiger partial charge in [-0.15, -0.1) is 0 Å². The number of allylic oxidation sites excluding steroid dienone is 14. The summed E-state index contributed by atoms with van der Waals surface area (Å²) in [5.74, 6) is 1.08. The molecule has 196 valence electrons. The summed E-state index contributed by atoms with van der Waals surface area (Å²) in [5, 5.41) is 12.2. The van der Waals surface area contributed by atoms with E-state index in [0.29, 0.717) is 18.3 Å². The lowest BCUT2D eigenvalue weighted by atomic mass is 9.62. The van der Waals surface area contributed by atoms with Crippen LogP contribution in [0.5, 0.6) is 0 Å². The van der Waals surface area contributed by atoms with Crippen molar-refractivity contribution in [2.24, 2.45) is 17.3 Å². The van der Waals surface area contributed by atoms with Crippen LogP contribution in [0.3, 0.4) is 0 Å². The molecule has 0 aromatic rings. The molecule has 0 aromatic heterocycles. The van der Waals surface area contributed by atoms with E-state index in [-0.39, 0.29) is 11.3 Å². The predicted octanol–water partition coefficient (Wildman–Crippen LogP) is 8.36. The monoisotopic (exact) mass is 496 g/mol. The zero-order valence-corrected chi connectivity index (χ0v) is 22.9. The molecule has 0 heterocycles. The van der Waals surface area contributed by atoms with Crippen LogP contribution in [0.2, 0.25) is 0 Å². The van der Waals surface area contributed by atoms with Crippen LogP contribution in [0.15, 0.2) is 82.5 Å². The topological polar surface area (TPSA) is 52.9 Å². The largest absolute Gasteiger partial charge is 0.356 e. The first-order valence-electron chi connectivity index (χ1n) is 14.6. The van der Waals surface area contributed by atoms with Crippen LogP contribution in [-0.2, 0) is 4.79 Å². The van der Waals surface area contributed by atoms with Crippen LogP contribution in [0.4, 0.5) is 0 Å². The third kappa shape index (κ3) is 7.35. The number of rotatable bonds is 15. The molecule has 3 heteroatoms. The minimum Gasteiger partial charge on any atom is -0.356 e. The molecule has 2 atom stereocenters. The molecule has 37 heavy (non-hydrogen) atoms. The third-order valence-corrected chi connectivity index (χ3v) is 8.27. The van der Waals surface area contributed by atoms with E-state index in [1.165, 1.54) is 66.4 Å². The molecular formula is C34H44N2O. The molecule has 0 aliphatic heterocycles. The van der Waals surface area contributed by atoms with Crippen molar-refractivity contribution in [1.82, 2.24) is 5.32 Å². The standard InChI is InChI=1S/C34H44N2O/c1-34(2,25-35)22-9-7-5-3-4-6-8-10-23-36-31(37)19-13-16-28-24-29-17-11-14-26-20-21-27-15-12-18-30(28)33(27)32(26)29/h11-12,14-15,17-18,20-21,24,32-33H,3-10,13,16,19,22-23H2,1-2H3,(H,36,37). The van der Waals surface area contributed by atoms with Gasteiger partial charge in [0.25, 0.3) is 0 Å². The number of nitrogens with zero attached hydrogens (tertiary/aromatic N) is 1. The van der Waals surface area contributed by atoms with Crippen molar-refractivity contribution in [1.29, 1.82) is 5.26 Å². The SMILES string of the molecule is CC(C)(C#N)CCCCCCCCCCNC(=O)CCCC1=CC2=CC=CC3=CC=C4C=CC=C1C4C32. The quantitative estimate of drug-likeness (QED) is 0.232. The Morgan fingerprint density at radius 1 is 0.838 bits per heavy atom. The lowest BCUT2D eigenvalue weighted by Gasteiger charge is -2.41. The highest BCUT2D eigenvalue weighted by molar-refractivity contribution is 5.75. The first-order chi connectivity index (χ1) is 18.0. The molecule has 4 aliphatic rings. The molecule has 4 rings (SSSR count). The summed E-state index contributed by atoms with van der Waals surface area (Å²) < 4.78 is 0. The fraction of sp³-hybridized carbons (Fsp3) is 0.529. The molecule has 1 amide bonds. The molecular weight excluding hydrogens is 452 g/mol. The number of amides is 1. The maximum absolute atomic E-state index is 12.4. The Labute approximate surface area is 224 Å². The minimum atomic E-state index is -0.171. The maximum Gasteiger partial charge on any atom is 0.220 e. The van der Waals surface area contributed by atoms with Crippen LogP contribution in [0.1, 0.15) is 90.9 Å². The minimum absolute atomic E-state index is 0.171. The summed E-state index contributed by atoms with van der Waals surface area (Å²) in [6.07, 6.45) is 33.6. The predicted molar refractivity (Wildman–Crippen MR) is 153 cm³/mol. The second kappa shape index (κ2) is 13.1. The van der Waals surface area contributed by atoms with E-state index >= 15 is 0 Å². The van der Waals surface area contributed by atoms with Gasteiger partial charge in [0.2, 0.25) is 5.91 Å². The highest BCUT2D eigenvalue weighted by atomic mass is 16.1. The van der Waals surface area contributed by atoms with Gasteiger partial charge in [-0.1, -0.05) is 99.6 Å². The van der Waals surface area contributed by atoms with Crippen molar-refractivity contribution in [2.45, 2.75) is 90.9 Å². The lowest BCUT2D eigenvalue weighted by Crippen LogP contribution is -2.30. The van der Waals surface area contributed by atoms with E-state index < -0.39 is 0 Å². The number of hydrogen-bond donors (Lipinski definition) is 1. The second-order valence-corrected chi connectivity index (χ2v) is 11.7. The molecule has 0 spiro atoms. The van der Waals surface area contributed by atoms with Crippen molar-refractivity contribution in [3.05, 3.63) is 82.5 Å². The molecule has 0 fully saturated rings. The Kier molecular flexibility index (Phi) is 9.62. The average molecular weight is 497 g/mol. The van der Waals surface area contributed by atoms with E-state index in [1.807, 2.05) is 13.8 Å². The fourth-order valence-corrected chi connectivity index (χ4v) is 6.10. The Morgan fingerprint density at radius 3 is 2.22 bits per heavy atom. The molecule has 2 unspecified atom stereocenters. The number of hydrogen-bond acceptors (Lipinski definition) is 2. The van der Waals surface area contributed by atoms with E-state index in [1.54, 1.807) is 0 Å². The highest BCUT2D eigenvalue weighted by Crippen LogP contribution is 2.51. The molecule has 1 N–H and O–H groups in total. The van der Waals surface area contributed by atoms with Crippen molar-refractivity contribution in [3.63, 3.8) is 0 Å². The van der Waals surface area contributed by atoms with E-state index in [2.05, 4.69) is 66.1 Å². The number of carbonyl (C=O) groups is 1. The summed E-state index contributed by atoms with van der Waals surface area (Å²) in [7, 11) is 0. The van der Waals surface area contributed by atoms with Gasteiger partial charge in [-0.3, -0.25) is 4.79 Å².